The number of likely N-dealkylation sites (tertiary alicyclic amines) is 1. The number of carboxylic acid groups (broad SMARTS) is 1. The third-order valence-electron chi connectivity index (χ3n) is 3.38. The van der Waals surface area contributed by atoms with E-state index in [0.717, 1.165) is 6.42 Å². The molecule has 1 fully saturated rings. The Bertz CT molecular complexity index is 308. The van der Waals surface area contributed by atoms with E-state index in [0.29, 0.717) is 39.1 Å². The Morgan fingerprint density at radius 1 is 1.50 bits per heavy atom. The summed E-state index contributed by atoms with van der Waals surface area (Å²) in [5.41, 5.74) is 4.50. The van der Waals surface area contributed by atoms with Crippen molar-refractivity contribution in [1.29, 1.82) is 0 Å². The van der Waals surface area contributed by atoms with Crippen LogP contribution >= 0.6 is 0 Å². The molecule has 3 N–H and O–H groups in total. The van der Waals surface area contributed by atoms with Crippen LogP contribution in [0.4, 0.5) is 0 Å². The molecule has 0 aromatic carbocycles. The number of carbonyl (C=O) groups excluding carboxylic acids is 1. The normalized spacial score (nSPS) is 23.3. The van der Waals surface area contributed by atoms with Crippen LogP contribution in [0.15, 0.2) is 0 Å². The molecule has 0 bridgehead atoms. The summed E-state index contributed by atoms with van der Waals surface area (Å²) in [6, 6.07) is 0. The summed E-state index contributed by atoms with van der Waals surface area (Å²) < 4.78 is 5.08. The highest BCUT2D eigenvalue weighted by Gasteiger charge is 2.45. The Morgan fingerprint density at radius 3 is 2.78 bits per heavy atom. The van der Waals surface area contributed by atoms with Gasteiger partial charge in [0.2, 0.25) is 5.91 Å². The molecule has 1 aliphatic rings. The molecule has 1 aliphatic heterocycles. The van der Waals surface area contributed by atoms with Crippen molar-refractivity contribution in [3.8, 4) is 0 Å². The fourth-order valence-electron chi connectivity index (χ4n) is 2.38. The van der Waals surface area contributed by atoms with Gasteiger partial charge in [0.05, 0.1) is 12.0 Å². The number of nitrogens with zero attached hydrogens (tertiary/aromatic N) is 1. The molecule has 0 aliphatic carbocycles. The molecule has 1 atom stereocenters. The minimum absolute atomic E-state index is 0.0149. The summed E-state index contributed by atoms with van der Waals surface area (Å²) in [6.07, 6.45) is 1.94. The minimum Gasteiger partial charge on any atom is -0.481 e. The summed E-state index contributed by atoms with van der Waals surface area (Å²) in [7, 11) is 0. The lowest BCUT2D eigenvalue weighted by Crippen LogP contribution is -2.38. The summed E-state index contributed by atoms with van der Waals surface area (Å²) in [6.45, 7) is 3.46. The molecule has 1 heterocycles. The lowest BCUT2D eigenvalue weighted by molar-refractivity contribution is -0.149. The summed E-state index contributed by atoms with van der Waals surface area (Å²) in [4.78, 5) is 24.7. The molecule has 0 spiro atoms. The molecule has 1 saturated heterocycles. The summed E-state index contributed by atoms with van der Waals surface area (Å²) in [5.74, 6) is -0.954. The molecule has 0 aromatic rings. The minimum atomic E-state index is -0.803. The van der Waals surface area contributed by atoms with E-state index >= 15 is 0 Å². The molecule has 6 heteroatoms. The van der Waals surface area contributed by atoms with Gasteiger partial charge >= 0.3 is 5.97 Å². The molecular formula is C12H22N2O4. The highest BCUT2D eigenvalue weighted by Crippen LogP contribution is 2.35. The Kier molecular flexibility index (Phi) is 5.55. The fraction of sp³-hybridized carbons (Fsp3) is 0.833. The van der Waals surface area contributed by atoms with Crippen molar-refractivity contribution in [2.75, 3.05) is 32.8 Å². The Labute approximate surface area is 107 Å². The lowest BCUT2D eigenvalue weighted by Gasteiger charge is -2.24. The molecule has 104 valence electrons. The second-order valence-corrected chi connectivity index (χ2v) is 4.74. The van der Waals surface area contributed by atoms with E-state index in [1.807, 2.05) is 6.92 Å². The van der Waals surface area contributed by atoms with Crippen LogP contribution in [0.3, 0.4) is 0 Å². The van der Waals surface area contributed by atoms with Gasteiger partial charge in [0.25, 0.3) is 0 Å². The number of carbonyl (C=O) groups is 2. The van der Waals surface area contributed by atoms with Gasteiger partial charge in [-0.3, -0.25) is 9.59 Å². The smallest absolute Gasteiger partial charge is 0.311 e. The SMILES string of the molecule is CCCC1(C(=O)O)CCN(C(=O)COCCN)C1. The van der Waals surface area contributed by atoms with Crippen molar-refractivity contribution < 1.29 is 19.4 Å². The number of rotatable bonds is 7. The lowest BCUT2D eigenvalue weighted by atomic mass is 9.83. The first-order valence-electron chi connectivity index (χ1n) is 6.34. The molecule has 1 unspecified atom stereocenters. The maximum atomic E-state index is 11.8. The van der Waals surface area contributed by atoms with Crippen LogP contribution in [-0.4, -0.2) is 54.7 Å². The van der Waals surface area contributed by atoms with E-state index in [4.69, 9.17) is 10.5 Å². The quantitative estimate of drug-likeness (QED) is 0.630. The number of nitrogens with two attached hydrogens (primary N) is 1. The maximum Gasteiger partial charge on any atom is 0.311 e. The van der Waals surface area contributed by atoms with E-state index in [2.05, 4.69) is 0 Å². The van der Waals surface area contributed by atoms with E-state index in [-0.39, 0.29) is 12.5 Å². The highest BCUT2D eigenvalue weighted by atomic mass is 16.5. The molecule has 18 heavy (non-hydrogen) atoms. The topological polar surface area (TPSA) is 92.9 Å². The van der Waals surface area contributed by atoms with Gasteiger partial charge < -0.3 is 20.5 Å². The summed E-state index contributed by atoms with van der Waals surface area (Å²) in [5, 5.41) is 9.32. The first-order valence-corrected chi connectivity index (χ1v) is 6.34. The van der Waals surface area contributed by atoms with Crippen LogP contribution in [0.1, 0.15) is 26.2 Å². The van der Waals surface area contributed by atoms with Gasteiger partial charge in [-0.05, 0) is 12.8 Å². The first kappa shape index (κ1) is 14.9. The van der Waals surface area contributed by atoms with Crippen LogP contribution in [0.25, 0.3) is 0 Å². The Morgan fingerprint density at radius 2 is 2.22 bits per heavy atom. The predicted octanol–water partition coefficient (Wildman–Crippen LogP) is 0.0651. The van der Waals surface area contributed by atoms with E-state index in [9.17, 15) is 14.7 Å². The van der Waals surface area contributed by atoms with E-state index < -0.39 is 11.4 Å². The van der Waals surface area contributed by atoms with E-state index in [1.165, 1.54) is 0 Å². The predicted molar refractivity (Wildman–Crippen MR) is 66.0 cm³/mol. The van der Waals surface area contributed by atoms with Crippen molar-refractivity contribution in [3.05, 3.63) is 0 Å². The molecule has 0 saturated carbocycles. The second-order valence-electron chi connectivity index (χ2n) is 4.74. The molecule has 0 aromatic heterocycles. The number of aliphatic carboxylic acids is 1. The third-order valence-corrected chi connectivity index (χ3v) is 3.38. The number of hydrogen-bond acceptors (Lipinski definition) is 4. The number of carboxylic acids is 1. The Hall–Kier alpha value is -1.14. The van der Waals surface area contributed by atoms with Gasteiger partial charge in [0.1, 0.15) is 6.61 Å². The molecule has 1 amide bonds. The fourth-order valence-corrected chi connectivity index (χ4v) is 2.38. The average molecular weight is 258 g/mol. The Balaban J connectivity index is 2.52. The zero-order valence-corrected chi connectivity index (χ0v) is 10.9. The van der Waals surface area contributed by atoms with Gasteiger partial charge in [0.15, 0.2) is 0 Å². The monoisotopic (exact) mass is 258 g/mol. The van der Waals surface area contributed by atoms with Crippen LogP contribution in [0.5, 0.6) is 0 Å². The standard InChI is InChI=1S/C12H22N2O4/c1-2-3-12(11(16)17)4-6-14(9-12)10(15)8-18-7-5-13/h2-9,13H2,1H3,(H,16,17). The molecule has 1 rings (SSSR count). The van der Waals surface area contributed by atoms with Crippen LogP contribution < -0.4 is 5.73 Å². The van der Waals surface area contributed by atoms with Gasteiger partial charge in [-0.1, -0.05) is 13.3 Å². The summed E-state index contributed by atoms with van der Waals surface area (Å²) >= 11 is 0. The second kappa shape index (κ2) is 6.70. The van der Waals surface area contributed by atoms with Crippen LogP contribution in [0, 0.1) is 5.41 Å². The largest absolute Gasteiger partial charge is 0.481 e. The third kappa shape index (κ3) is 3.43. The van der Waals surface area contributed by atoms with Crippen LogP contribution in [0.2, 0.25) is 0 Å². The van der Waals surface area contributed by atoms with Crippen LogP contribution in [-0.2, 0) is 14.3 Å². The molecular weight excluding hydrogens is 236 g/mol. The molecule has 6 nitrogen and oxygen atoms in total. The van der Waals surface area contributed by atoms with E-state index in [1.54, 1.807) is 4.90 Å². The van der Waals surface area contributed by atoms with Gasteiger partial charge in [-0.2, -0.15) is 0 Å². The van der Waals surface area contributed by atoms with Gasteiger partial charge in [-0.25, -0.2) is 0 Å². The number of amides is 1. The zero-order chi connectivity index (χ0) is 13.6. The van der Waals surface area contributed by atoms with Gasteiger partial charge in [-0.15, -0.1) is 0 Å². The first-order chi connectivity index (χ1) is 8.55. The van der Waals surface area contributed by atoms with Crippen molar-refractivity contribution in [1.82, 2.24) is 4.90 Å². The van der Waals surface area contributed by atoms with Crippen molar-refractivity contribution >= 4 is 11.9 Å². The van der Waals surface area contributed by atoms with Crippen molar-refractivity contribution in [2.45, 2.75) is 26.2 Å². The highest BCUT2D eigenvalue weighted by molar-refractivity contribution is 5.81. The average Bonchev–Trinajstić information content (AvgIpc) is 2.75. The maximum absolute atomic E-state index is 11.8. The van der Waals surface area contributed by atoms with Gasteiger partial charge in [0, 0.05) is 19.6 Å². The zero-order valence-electron chi connectivity index (χ0n) is 10.9. The number of ether oxygens (including phenoxy) is 1. The van der Waals surface area contributed by atoms with Crippen molar-refractivity contribution in [3.63, 3.8) is 0 Å². The number of hydrogen-bond donors (Lipinski definition) is 2. The molecule has 0 radical (unpaired) electrons. The van der Waals surface area contributed by atoms with Crippen molar-refractivity contribution in [2.24, 2.45) is 11.1 Å².